The predicted molar refractivity (Wildman–Crippen MR) is 138 cm³/mol. The zero-order chi connectivity index (χ0) is 26.6. The summed E-state index contributed by atoms with van der Waals surface area (Å²) in [5.41, 5.74) is 1.66. The zero-order valence-corrected chi connectivity index (χ0v) is 21.2. The number of likely N-dealkylation sites (tertiary alicyclic amines) is 1. The average Bonchev–Trinajstić information content (AvgIpc) is 3.19. The number of aliphatic hydroxyl groups excluding tert-OH is 1. The van der Waals surface area contributed by atoms with Gasteiger partial charge in [-0.15, -0.1) is 0 Å². The SMILES string of the molecule is CCOc1ccc([C@H]2/C(=C(\O)c3ccc4c(c3)OCCO4)C(=O)C(=O)N2Cc2cccnc2)cc1OCC. The van der Waals surface area contributed by atoms with Gasteiger partial charge in [-0.05, 0) is 61.4 Å². The molecule has 5 rings (SSSR count). The maximum absolute atomic E-state index is 13.4. The van der Waals surface area contributed by atoms with E-state index in [1.165, 1.54) is 4.90 Å². The van der Waals surface area contributed by atoms with Gasteiger partial charge in [0.1, 0.15) is 19.0 Å². The van der Waals surface area contributed by atoms with Gasteiger partial charge in [0.25, 0.3) is 11.7 Å². The van der Waals surface area contributed by atoms with Crippen LogP contribution >= 0.6 is 0 Å². The van der Waals surface area contributed by atoms with Gasteiger partial charge >= 0.3 is 0 Å². The Morgan fingerprint density at radius 2 is 1.76 bits per heavy atom. The van der Waals surface area contributed by atoms with E-state index in [0.717, 1.165) is 5.56 Å². The van der Waals surface area contributed by atoms with Crippen molar-refractivity contribution in [3.8, 4) is 23.0 Å². The van der Waals surface area contributed by atoms with Crippen LogP contribution in [0.5, 0.6) is 23.0 Å². The van der Waals surface area contributed by atoms with Gasteiger partial charge in [0.2, 0.25) is 0 Å². The van der Waals surface area contributed by atoms with E-state index in [2.05, 4.69) is 4.98 Å². The van der Waals surface area contributed by atoms with Crippen LogP contribution in [0.15, 0.2) is 66.5 Å². The first-order valence-corrected chi connectivity index (χ1v) is 12.5. The number of ketones is 1. The lowest BCUT2D eigenvalue weighted by molar-refractivity contribution is -0.140. The molecule has 1 N–H and O–H groups in total. The molecule has 3 heterocycles. The highest BCUT2D eigenvalue weighted by Gasteiger charge is 2.46. The Hall–Kier alpha value is -4.53. The number of benzene rings is 2. The lowest BCUT2D eigenvalue weighted by Gasteiger charge is -2.26. The molecule has 196 valence electrons. The van der Waals surface area contributed by atoms with Crippen molar-refractivity contribution in [1.29, 1.82) is 0 Å². The van der Waals surface area contributed by atoms with Crippen molar-refractivity contribution in [2.75, 3.05) is 26.4 Å². The molecule has 2 aromatic carbocycles. The van der Waals surface area contributed by atoms with Gasteiger partial charge in [-0.3, -0.25) is 14.6 Å². The largest absolute Gasteiger partial charge is 0.507 e. The molecule has 2 aliphatic rings. The number of rotatable bonds is 8. The Morgan fingerprint density at radius 3 is 2.50 bits per heavy atom. The number of carbonyl (C=O) groups is 2. The molecular weight excluding hydrogens is 488 g/mol. The van der Waals surface area contributed by atoms with Gasteiger partial charge in [-0.2, -0.15) is 0 Å². The Bertz CT molecular complexity index is 1390. The second-order valence-electron chi connectivity index (χ2n) is 8.72. The highest BCUT2D eigenvalue weighted by molar-refractivity contribution is 6.46. The number of carbonyl (C=O) groups excluding carboxylic acids is 2. The molecule has 1 saturated heterocycles. The third-order valence-corrected chi connectivity index (χ3v) is 6.31. The fourth-order valence-electron chi connectivity index (χ4n) is 4.66. The molecule has 38 heavy (non-hydrogen) atoms. The molecule has 9 heteroatoms. The van der Waals surface area contributed by atoms with Crippen LogP contribution in [0.2, 0.25) is 0 Å². The predicted octanol–water partition coefficient (Wildman–Crippen LogP) is 4.27. The Kier molecular flexibility index (Phi) is 7.17. The van der Waals surface area contributed by atoms with Gasteiger partial charge in [0.15, 0.2) is 23.0 Å². The van der Waals surface area contributed by atoms with Crippen molar-refractivity contribution in [3.63, 3.8) is 0 Å². The van der Waals surface area contributed by atoms with Crippen LogP contribution in [0, 0.1) is 0 Å². The summed E-state index contributed by atoms with van der Waals surface area (Å²) in [7, 11) is 0. The summed E-state index contributed by atoms with van der Waals surface area (Å²) in [5, 5.41) is 11.5. The molecule has 0 unspecified atom stereocenters. The van der Waals surface area contributed by atoms with Crippen molar-refractivity contribution in [3.05, 3.63) is 83.2 Å². The monoisotopic (exact) mass is 516 g/mol. The first-order chi connectivity index (χ1) is 18.5. The smallest absolute Gasteiger partial charge is 0.295 e. The number of pyridine rings is 1. The summed E-state index contributed by atoms with van der Waals surface area (Å²) in [6.45, 7) is 5.51. The summed E-state index contributed by atoms with van der Waals surface area (Å²) >= 11 is 0. The van der Waals surface area contributed by atoms with E-state index in [1.807, 2.05) is 19.9 Å². The van der Waals surface area contributed by atoms with Crippen molar-refractivity contribution in [2.45, 2.75) is 26.4 Å². The minimum absolute atomic E-state index is 0.0258. The Morgan fingerprint density at radius 1 is 1.00 bits per heavy atom. The highest BCUT2D eigenvalue weighted by atomic mass is 16.6. The minimum Gasteiger partial charge on any atom is -0.507 e. The van der Waals surface area contributed by atoms with E-state index in [-0.39, 0.29) is 17.9 Å². The number of Topliss-reactive ketones (excluding diaryl/α,β-unsaturated/α-hetero) is 1. The van der Waals surface area contributed by atoms with Crippen molar-refractivity contribution >= 4 is 17.4 Å². The van der Waals surface area contributed by atoms with Crippen molar-refractivity contribution in [2.24, 2.45) is 0 Å². The molecule has 1 fully saturated rings. The van der Waals surface area contributed by atoms with Gasteiger partial charge in [0, 0.05) is 24.5 Å². The topological polar surface area (TPSA) is 107 Å². The number of ether oxygens (including phenoxy) is 4. The fourth-order valence-corrected chi connectivity index (χ4v) is 4.66. The van der Waals surface area contributed by atoms with Crippen LogP contribution < -0.4 is 18.9 Å². The number of amides is 1. The summed E-state index contributed by atoms with van der Waals surface area (Å²) in [6.07, 6.45) is 3.28. The Labute approximate surface area is 220 Å². The second kappa shape index (κ2) is 10.8. The molecule has 0 radical (unpaired) electrons. The molecule has 1 amide bonds. The molecule has 3 aromatic rings. The first kappa shape index (κ1) is 25.1. The first-order valence-electron chi connectivity index (χ1n) is 12.5. The lowest BCUT2D eigenvalue weighted by atomic mass is 9.94. The Balaban J connectivity index is 1.65. The third kappa shape index (κ3) is 4.74. The molecule has 2 aliphatic heterocycles. The van der Waals surface area contributed by atoms with Crippen LogP contribution in [0.4, 0.5) is 0 Å². The normalized spacial score (nSPS) is 17.9. The molecule has 0 bridgehead atoms. The van der Waals surface area contributed by atoms with E-state index in [1.54, 1.807) is 54.9 Å². The number of aromatic nitrogens is 1. The van der Waals surface area contributed by atoms with Crippen molar-refractivity contribution < 1.29 is 33.6 Å². The maximum Gasteiger partial charge on any atom is 0.295 e. The van der Waals surface area contributed by atoms with Crippen LogP contribution in [0.3, 0.4) is 0 Å². The van der Waals surface area contributed by atoms with Crippen LogP contribution in [-0.4, -0.2) is 53.1 Å². The van der Waals surface area contributed by atoms with Gasteiger partial charge in [-0.1, -0.05) is 12.1 Å². The molecule has 0 aliphatic carbocycles. The van der Waals surface area contributed by atoms with E-state index in [0.29, 0.717) is 60.6 Å². The number of hydrogen-bond donors (Lipinski definition) is 1. The third-order valence-electron chi connectivity index (χ3n) is 6.31. The molecule has 1 aromatic heterocycles. The lowest BCUT2D eigenvalue weighted by Crippen LogP contribution is -2.29. The summed E-state index contributed by atoms with van der Waals surface area (Å²) in [4.78, 5) is 32.4. The van der Waals surface area contributed by atoms with E-state index < -0.39 is 17.7 Å². The summed E-state index contributed by atoms with van der Waals surface area (Å²) < 4.78 is 22.7. The van der Waals surface area contributed by atoms with Crippen LogP contribution in [-0.2, 0) is 16.1 Å². The van der Waals surface area contributed by atoms with Crippen molar-refractivity contribution in [1.82, 2.24) is 9.88 Å². The fraction of sp³-hybridized carbons (Fsp3) is 0.276. The van der Waals surface area contributed by atoms with E-state index in [4.69, 9.17) is 18.9 Å². The quantitative estimate of drug-likeness (QED) is 0.269. The van der Waals surface area contributed by atoms with Crippen LogP contribution in [0.25, 0.3) is 5.76 Å². The number of nitrogens with zero attached hydrogens (tertiary/aromatic N) is 2. The van der Waals surface area contributed by atoms with Gasteiger partial charge in [0.05, 0.1) is 24.8 Å². The molecule has 9 nitrogen and oxygen atoms in total. The second-order valence-corrected chi connectivity index (χ2v) is 8.72. The highest BCUT2D eigenvalue weighted by Crippen LogP contribution is 2.43. The summed E-state index contributed by atoms with van der Waals surface area (Å²) in [5.74, 6) is 0.247. The molecular formula is C29H28N2O7. The number of hydrogen-bond acceptors (Lipinski definition) is 8. The van der Waals surface area contributed by atoms with E-state index >= 15 is 0 Å². The standard InChI is InChI=1S/C29H28N2O7/c1-3-35-21-9-7-19(14-23(21)36-4-2)26-25(27(32)20-8-10-22-24(15-20)38-13-12-37-22)28(33)29(34)31(26)17-18-6-5-11-30-16-18/h5-11,14-16,26,32H,3-4,12-13,17H2,1-2H3/b27-25+/t26-/m0/s1. The van der Waals surface area contributed by atoms with E-state index in [9.17, 15) is 14.7 Å². The number of aliphatic hydroxyl groups is 1. The molecule has 0 saturated carbocycles. The number of fused-ring (bicyclic) bond motifs is 1. The maximum atomic E-state index is 13.4. The van der Waals surface area contributed by atoms with Gasteiger partial charge in [-0.25, -0.2) is 0 Å². The molecule has 1 atom stereocenters. The molecule has 0 spiro atoms. The minimum atomic E-state index is -0.877. The average molecular weight is 517 g/mol. The van der Waals surface area contributed by atoms with Crippen LogP contribution in [0.1, 0.15) is 36.6 Å². The zero-order valence-electron chi connectivity index (χ0n) is 21.2. The van der Waals surface area contributed by atoms with Gasteiger partial charge < -0.3 is 29.0 Å². The summed E-state index contributed by atoms with van der Waals surface area (Å²) in [6, 6.07) is 12.9.